The number of benzene rings is 1. The summed E-state index contributed by atoms with van der Waals surface area (Å²) in [4.78, 5) is 13.1. The lowest BCUT2D eigenvalue weighted by Gasteiger charge is -2.52. The SMILES string of the molecule is C[C@H]1CC[C@H]2[C@H](C1)O[C@H](c1ccc(C(F)(F)F)cc1)C[C@]2(C)NC(=O)C1CCCCC1. The van der Waals surface area contributed by atoms with E-state index in [1.807, 2.05) is 0 Å². The molecule has 1 heterocycles. The van der Waals surface area contributed by atoms with Gasteiger partial charge in [0.15, 0.2) is 0 Å². The molecule has 0 spiro atoms. The van der Waals surface area contributed by atoms with Crippen LogP contribution in [0.15, 0.2) is 24.3 Å². The van der Waals surface area contributed by atoms with Gasteiger partial charge >= 0.3 is 6.18 Å². The highest BCUT2D eigenvalue weighted by molar-refractivity contribution is 5.79. The van der Waals surface area contributed by atoms with Crippen LogP contribution in [0.1, 0.15) is 88.9 Å². The van der Waals surface area contributed by atoms with Gasteiger partial charge in [-0.05, 0) is 56.2 Å². The quantitative estimate of drug-likeness (QED) is 0.592. The molecular weight excluding hydrogens is 403 g/mol. The molecule has 5 atom stereocenters. The smallest absolute Gasteiger partial charge is 0.370 e. The van der Waals surface area contributed by atoms with E-state index in [-0.39, 0.29) is 30.0 Å². The third-order valence-corrected chi connectivity index (χ3v) is 7.82. The molecule has 1 N–H and O–H groups in total. The Morgan fingerprint density at radius 3 is 2.39 bits per heavy atom. The van der Waals surface area contributed by atoms with E-state index in [0.29, 0.717) is 12.3 Å². The molecule has 6 heteroatoms. The minimum absolute atomic E-state index is 0.0152. The number of nitrogens with one attached hydrogen (secondary N) is 1. The fourth-order valence-electron chi connectivity index (χ4n) is 5.98. The van der Waals surface area contributed by atoms with E-state index < -0.39 is 17.3 Å². The summed E-state index contributed by atoms with van der Waals surface area (Å²) in [5.74, 6) is 1.01. The topological polar surface area (TPSA) is 38.3 Å². The van der Waals surface area contributed by atoms with Gasteiger partial charge in [-0.15, -0.1) is 0 Å². The fraction of sp³-hybridized carbons (Fsp3) is 0.720. The Morgan fingerprint density at radius 2 is 1.74 bits per heavy atom. The molecule has 0 unspecified atom stereocenters. The second-order valence-electron chi connectivity index (χ2n) is 10.3. The molecular formula is C25H34F3NO2. The summed E-state index contributed by atoms with van der Waals surface area (Å²) in [6.07, 6.45) is 4.31. The van der Waals surface area contributed by atoms with Crippen LogP contribution in [0.25, 0.3) is 0 Å². The van der Waals surface area contributed by atoms with Gasteiger partial charge in [0.1, 0.15) is 0 Å². The van der Waals surface area contributed by atoms with Gasteiger partial charge in [0, 0.05) is 23.8 Å². The zero-order valence-corrected chi connectivity index (χ0v) is 18.5. The van der Waals surface area contributed by atoms with Gasteiger partial charge < -0.3 is 10.1 Å². The lowest BCUT2D eigenvalue weighted by Crippen LogP contribution is -2.61. The molecule has 0 radical (unpaired) electrons. The van der Waals surface area contributed by atoms with Crippen LogP contribution in [0.4, 0.5) is 13.2 Å². The third-order valence-electron chi connectivity index (χ3n) is 7.82. The summed E-state index contributed by atoms with van der Waals surface area (Å²) in [7, 11) is 0. The minimum atomic E-state index is -4.35. The number of hydrogen-bond acceptors (Lipinski definition) is 2. The molecule has 31 heavy (non-hydrogen) atoms. The first kappa shape index (κ1) is 22.6. The molecule has 1 aliphatic heterocycles. The van der Waals surface area contributed by atoms with Crippen molar-refractivity contribution in [1.29, 1.82) is 0 Å². The Bertz CT molecular complexity index is 772. The molecule has 4 rings (SSSR count). The lowest BCUT2D eigenvalue weighted by molar-refractivity contribution is -0.156. The number of rotatable bonds is 3. The number of hydrogen-bond donors (Lipinski definition) is 1. The Balaban J connectivity index is 1.56. The van der Waals surface area contributed by atoms with Crippen molar-refractivity contribution >= 4 is 5.91 Å². The van der Waals surface area contributed by atoms with Crippen LogP contribution in [0.5, 0.6) is 0 Å². The number of carbonyl (C=O) groups is 1. The molecule has 2 aliphatic carbocycles. The number of ether oxygens (including phenoxy) is 1. The Kier molecular flexibility index (Phi) is 6.39. The number of carbonyl (C=O) groups excluding carboxylic acids is 1. The molecule has 3 aliphatic rings. The molecule has 1 saturated heterocycles. The largest absolute Gasteiger partial charge is 0.416 e. The van der Waals surface area contributed by atoms with E-state index in [9.17, 15) is 18.0 Å². The minimum Gasteiger partial charge on any atom is -0.370 e. The van der Waals surface area contributed by atoms with Crippen molar-refractivity contribution in [2.24, 2.45) is 17.8 Å². The van der Waals surface area contributed by atoms with E-state index in [4.69, 9.17) is 4.74 Å². The number of amides is 1. The van der Waals surface area contributed by atoms with E-state index >= 15 is 0 Å². The van der Waals surface area contributed by atoms with Crippen LogP contribution < -0.4 is 5.32 Å². The van der Waals surface area contributed by atoms with E-state index in [1.165, 1.54) is 18.6 Å². The molecule has 0 bridgehead atoms. The Hall–Kier alpha value is -1.56. The van der Waals surface area contributed by atoms with Crippen LogP contribution in [-0.2, 0) is 15.7 Å². The highest BCUT2D eigenvalue weighted by atomic mass is 19.4. The van der Waals surface area contributed by atoms with Gasteiger partial charge in [0.2, 0.25) is 5.91 Å². The van der Waals surface area contributed by atoms with Crippen LogP contribution in [0.3, 0.4) is 0 Å². The standard InChI is InChI=1S/C25H34F3NO2/c1-16-8-13-20-21(14-16)31-22(17-9-11-19(12-10-17)25(26,27)28)15-24(20,2)29-23(30)18-6-4-3-5-7-18/h9-12,16,18,20-22H,3-8,13-15H2,1-2H3,(H,29,30)/t16-,20-,21-,22-,24-/m0/s1. The van der Waals surface area contributed by atoms with Crippen LogP contribution in [0.2, 0.25) is 0 Å². The van der Waals surface area contributed by atoms with Crippen molar-refractivity contribution in [3.63, 3.8) is 0 Å². The molecule has 1 amide bonds. The highest BCUT2D eigenvalue weighted by Gasteiger charge is 2.50. The number of halogens is 3. The summed E-state index contributed by atoms with van der Waals surface area (Å²) >= 11 is 0. The highest BCUT2D eigenvalue weighted by Crippen LogP contribution is 2.48. The number of alkyl halides is 3. The molecule has 0 aromatic heterocycles. The van der Waals surface area contributed by atoms with Crippen molar-refractivity contribution in [2.45, 2.75) is 95.6 Å². The van der Waals surface area contributed by atoms with E-state index in [2.05, 4.69) is 19.2 Å². The Labute approximate surface area is 183 Å². The van der Waals surface area contributed by atoms with Crippen LogP contribution >= 0.6 is 0 Å². The van der Waals surface area contributed by atoms with Crippen LogP contribution in [0, 0.1) is 17.8 Å². The summed E-state index contributed by atoms with van der Waals surface area (Å²) < 4.78 is 45.4. The maximum Gasteiger partial charge on any atom is 0.416 e. The van der Waals surface area contributed by atoms with Crippen molar-refractivity contribution in [1.82, 2.24) is 5.32 Å². The summed E-state index contributed by atoms with van der Waals surface area (Å²) in [5, 5.41) is 3.42. The van der Waals surface area contributed by atoms with Gasteiger partial charge in [-0.3, -0.25) is 4.79 Å². The summed E-state index contributed by atoms with van der Waals surface area (Å²) in [6, 6.07) is 5.32. The average molecular weight is 438 g/mol. The van der Waals surface area contributed by atoms with Crippen molar-refractivity contribution < 1.29 is 22.7 Å². The van der Waals surface area contributed by atoms with Crippen molar-refractivity contribution in [3.8, 4) is 0 Å². The molecule has 1 aromatic rings. The third kappa shape index (κ3) is 4.94. The number of fused-ring (bicyclic) bond motifs is 1. The molecule has 3 fully saturated rings. The first-order valence-electron chi connectivity index (χ1n) is 11.8. The van der Waals surface area contributed by atoms with Gasteiger partial charge in [-0.1, -0.05) is 44.7 Å². The zero-order chi connectivity index (χ0) is 22.2. The van der Waals surface area contributed by atoms with Crippen molar-refractivity contribution in [2.75, 3.05) is 0 Å². The van der Waals surface area contributed by atoms with Gasteiger partial charge in [0.05, 0.1) is 17.8 Å². The second kappa shape index (κ2) is 8.76. The summed E-state index contributed by atoms with van der Waals surface area (Å²) in [6.45, 7) is 4.35. The Morgan fingerprint density at radius 1 is 1.06 bits per heavy atom. The maximum atomic E-state index is 13.1. The zero-order valence-electron chi connectivity index (χ0n) is 18.5. The molecule has 3 nitrogen and oxygen atoms in total. The maximum absolute atomic E-state index is 13.1. The predicted molar refractivity (Wildman–Crippen MR) is 113 cm³/mol. The lowest BCUT2D eigenvalue weighted by atomic mass is 9.66. The molecule has 172 valence electrons. The molecule has 1 aromatic carbocycles. The first-order chi connectivity index (χ1) is 14.7. The monoisotopic (exact) mass is 437 g/mol. The summed E-state index contributed by atoms with van der Waals surface area (Å²) in [5.41, 5.74) is -0.308. The second-order valence-corrected chi connectivity index (χ2v) is 10.3. The fourth-order valence-corrected chi connectivity index (χ4v) is 5.98. The van der Waals surface area contributed by atoms with E-state index in [1.54, 1.807) is 0 Å². The first-order valence-corrected chi connectivity index (χ1v) is 11.8. The van der Waals surface area contributed by atoms with Crippen LogP contribution in [-0.4, -0.2) is 17.6 Å². The normalized spacial score (nSPS) is 34.7. The van der Waals surface area contributed by atoms with Crippen molar-refractivity contribution in [3.05, 3.63) is 35.4 Å². The van der Waals surface area contributed by atoms with Gasteiger partial charge in [0.25, 0.3) is 0 Å². The predicted octanol–water partition coefficient (Wildman–Crippen LogP) is 6.43. The van der Waals surface area contributed by atoms with Gasteiger partial charge in [-0.25, -0.2) is 0 Å². The molecule has 2 saturated carbocycles. The average Bonchev–Trinajstić information content (AvgIpc) is 2.73. The van der Waals surface area contributed by atoms with Gasteiger partial charge in [-0.2, -0.15) is 13.2 Å². The van der Waals surface area contributed by atoms with E-state index in [0.717, 1.165) is 62.6 Å².